The third-order valence-corrected chi connectivity index (χ3v) is 3.29. The number of hydrogen-bond acceptors (Lipinski definition) is 2. The van der Waals surface area contributed by atoms with E-state index in [0.717, 1.165) is 22.9 Å². The highest BCUT2D eigenvalue weighted by atomic mass is 32.1. The highest BCUT2D eigenvalue weighted by Gasteiger charge is 2.14. The first-order valence-corrected chi connectivity index (χ1v) is 7.34. The first-order chi connectivity index (χ1) is 10.1. The Morgan fingerprint density at radius 1 is 1.24 bits per heavy atom. The van der Waals surface area contributed by atoms with Crippen LogP contribution in [0.15, 0.2) is 42.5 Å². The van der Waals surface area contributed by atoms with E-state index in [2.05, 4.69) is 5.32 Å². The highest BCUT2D eigenvalue weighted by molar-refractivity contribution is 7.80. The minimum Gasteiger partial charge on any atom is -0.392 e. The van der Waals surface area contributed by atoms with E-state index in [1.54, 1.807) is 4.90 Å². The van der Waals surface area contributed by atoms with Crippen LogP contribution < -0.4 is 11.1 Å². The van der Waals surface area contributed by atoms with E-state index in [1.165, 1.54) is 0 Å². The zero-order chi connectivity index (χ0) is 15.2. The van der Waals surface area contributed by atoms with Crippen molar-refractivity contribution in [2.45, 2.75) is 13.3 Å². The van der Waals surface area contributed by atoms with Gasteiger partial charge in [0, 0.05) is 11.9 Å². The van der Waals surface area contributed by atoms with Crippen LogP contribution in [0.1, 0.15) is 13.3 Å². The number of urea groups is 1. The lowest BCUT2D eigenvalue weighted by atomic mass is 10.1. The standard InChI is InChI=1S/C16H19N3OS/c1-2-10-19(11-15(17)21)16(20)18-14-9-5-7-12-6-3-4-8-13(12)14/h3-9H,2,10-11H2,1H3,(H2,17,21)(H,18,20). The van der Waals surface area contributed by atoms with Gasteiger partial charge in [-0.05, 0) is 17.9 Å². The number of carbonyl (C=O) groups excluding carboxylic acids is 1. The van der Waals surface area contributed by atoms with Gasteiger partial charge < -0.3 is 16.0 Å². The zero-order valence-corrected chi connectivity index (χ0v) is 12.8. The van der Waals surface area contributed by atoms with Crippen molar-refractivity contribution in [2.75, 3.05) is 18.4 Å². The smallest absolute Gasteiger partial charge is 0.322 e. The summed E-state index contributed by atoms with van der Waals surface area (Å²) in [5, 5.41) is 5.05. The molecule has 0 fully saturated rings. The summed E-state index contributed by atoms with van der Waals surface area (Å²) in [5.41, 5.74) is 6.35. The molecule has 2 amide bonds. The highest BCUT2D eigenvalue weighted by Crippen LogP contribution is 2.23. The second-order valence-electron chi connectivity index (χ2n) is 4.84. The molecule has 0 atom stereocenters. The Balaban J connectivity index is 2.21. The summed E-state index contributed by atoms with van der Waals surface area (Å²) in [4.78, 5) is 14.3. The second kappa shape index (κ2) is 7.04. The molecule has 0 radical (unpaired) electrons. The van der Waals surface area contributed by atoms with E-state index in [4.69, 9.17) is 18.0 Å². The van der Waals surface area contributed by atoms with Gasteiger partial charge in [-0.3, -0.25) is 0 Å². The van der Waals surface area contributed by atoms with Gasteiger partial charge in [0.2, 0.25) is 0 Å². The van der Waals surface area contributed by atoms with Crippen LogP contribution in [0, 0.1) is 0 Å². The molecule has 0 aromatic heterocycles. The number of fused-ring (bicyclic) bond motifs is 1. The van der Waals surface area contributed by atoms with Gasteiger partial charge in [0.1, 0.15) is 0 Å². The summed E-state index contributed by atoms with van der Waals surface area (Å²) >= 11 is 4.90. The number of thiocarbonyl (C=S) groups is 1. The average molecular weight is 301 g/mol. The number of rotatable bonds is 5. The Hall–Kier alpha value is -2.14. The van der Waals surface area contributed by atoms with Gasteiger partial charge in [-0.2, -0.15) is 0 Å². The van der Waals surface area contributed by atoms with Gasteiger partial charge in [0.05, 0.1) is 17.2 Å². The quantitative estimate of drug-likeness (QED) is 0.832. The number of nitrogens with two attached hydrogens (primary N) is 1. The number of carbonyl (C=O) groups is 1. The van der Waals surface area contributed by atoms with Crippen LogP contribution >= 0.6 is 12.2 Å². The van der Waals surface area contributed by atoms with Crippen molar-refractivity contribution < 1.29 is 4.79 Å². The maximum Gasteiger partial charge on any atom is 0.322 e. The number of hydrogen-bond donors (Lipinski definition) is 2. The van der Waals surface area contributed by atoms with E-state index < -0.39 is 0 Å². The van der Waals surface area contributed by atoms with Crippen LogP contribution in [0.25, 0.3) is 10.8 Å². The summed E-state index contributed by atoms with van der Waals surface area (Å²) in [5.74, 6) is 0. The molecule has 0 bridgehead atoms. The lowest BCUT2D eigenvalue weighted by Gasteiger charge is -2.22. The predicted molar refractivity (Wildman–Crippen MR) is 91.6 cm³/mol. The maximum absolute atomic E-state index is 12.4. The van der Waals surface area contributed by atoms with E-state index in [-0.39, 0.29) is 6.03 Å². The number of amides is 2. The van der Waals surface area contributed by atoms with Crippen LogP contribution in [0.2, 0.25) is 0 Å². The Bertz CT molecular complexity index is 652. The summed E-state index contributed by atoms with van der Waals surface area (Å²) < 4.78 is 0. The maximum atomic E-state index is 12.4. The first kappa shape index (κ1) is 15.3. The Labute approximate surface area is 129 Å². The van der Waals surface area contributed by atoms with Crippen molar-refractivity contribution >= 4 is 39.7 Å². The van der Waals surface area contributed by atoms with Crippen molar-refractivity contribution in [3.8, 4) is 0 Å². The van der Waals surface area contributed by atoms with Crippen molar-refractivity contribution in [3.05, 3.63) is 42.5 Å². The van der Waals surface area contributed by atoms with Gasteiger partial charge in [-0.25, -0.2) is 4.79 Å². The predicted octanol–water partition coefficient (Wildman–Crippen LogP) is 3.37. The summed E-state index contributed by atoms with van der Waals surface area (Å²) in [6, 6.07) is 13.6. The Morgan fingerprint density at radius 2 is 1.95 bits per heavy atom. The third kappa shape index (κ3) is 3.92. The van der Waals surface area contributed by atoms with Crippen molar-refractivity contribution in [3.63, 3.8) is 0 Å². The molecule has 0 aliphatic rings. The molecule has 2 aromatic carbocycles. The van der Waals surface area contributed by atoms with Crippen molar-refractivity contribution in [1.82, 2.24) is 4.90 Å². The van der Waals surface area contributed by atoms with Crippen LogP contribution in [0.5, 0.6) is 0 Å². The van der Waals surface area contributed by atoms with Crippen molar-refractivity contribution in [2.24, 2.45) is 5.73 Å². The lowest BCUT2D eigenvalue weighted by molar-refractivity contribution is 0.219. The van der Waals surface area contributed by atoms with Gasteiger partial charge in [-0.1, -0.05) is 55.5 Å². The van der Waals surface area contributed by atoms with E-state index in [1.807, 2.05) is 49.4 Å². The van der Waals surface area contributed by atoms with Gasteiger partial charge in [0.25, 0.3) is 0 Å². The van der Waals surface area contributed by atoms with Crippen LogP contribution in [-0.4, -0.2) is 29.0 Å². The molecule has 0 aliphatic carbocycles. The molecule has 0 aliphatic heterocycles. The molecule has 2 rings (SSSR count). The third-order valence-electron chi connectivity index (χ3n) is 3.16. The minimum atomic E-state index is -0.180. The van der Waals surface area contributed by atoms with Crippen LogP contribution in [0.4, 0.5) is 10.5 Å². The van der Waals surface area contributed by atoms with Crippen molar-refractivity contribution in [1.29, 1.82) is 0 Å². The van der Waals surface area contributed by atoms with Crippen LogP contribution in [-0.2, 0) is 0 Å². The number of benzene rings is 2. The summed E-state index contributed by atoms with van der Waals surface area (Å²) in [6.45, 7) is 2.92. The molecule has 21 heavy (non-hydrogen) atoms. The Kier molecular flexibility index (Phi) is 5.11. The van der Waals surface area contributed by atoms with Gasteiger partial charge in [0.15, 0.2) is 0 Å². The number of nitrogens with one attached hydrogen (secondary N) is 1. The fourth-order valence-corrected chi connectivity index (χ4v) is 2.39. The van der Waals surface area contributed by atoms with E-state index in [9.17, 15) is 4.79 Å². The topological polar surface area (TPSA) is 58.4 Å². The second-order valence-corrected chi connectivity index (χ2v) is 5.37. The molecule has 5 heteroatoms. The molecule has 0 saturated heterocycles. The van der Waals surface area contributed by atoms with Crippen LogP contribution in [0.3, 0.4) is 0 Å². The fraction of sp³-hybridized carbons (Fsp3) is 0.250. The summed E-state index contributed by atoms with van der Waals surface area (Å²) in [6.07, 6.45) is 0.853. The van der Waals surface area contributed by atoms with Gasteiger partial charge >= 0.3 is 6.03 Å². The molecule has 0 saturated carbocycles. The SMILES string of the molecule is CCCN(CC(N)=S)C(=O)Nc1cccc2ccccc12. The molecule has 0 heterocycles. The normalized spacial score (nSPS) is 10.3. The van der Waals surface area contributed by atoms with E-state index in [0.29, 0.717) is 18.1 Å². The molecule has 110 valence electrons. The molecule has 0 spiro atoms. The average Bonchev–Trinajstić information content (AvgIpc) is 2.47. The fourth-order valence-electron chi connectivity index (χ4n) is 2.24. The Morgan fingerprint density at radius 3 is 2.67 bits per heavy atom. The molecular formula is C16H19N3OS. The minimum absolute atomic E-state index is 0.180. The molecule has 3 N–H and O–H groups in total. The molecule has 2 aromatic rings. The largest absolute Gasteiger partial charge is 0.392 e. The first-order valence-electron chi connectivity index (χ1n) is 6.94. The monoisotopic (exact) mass is 301 g/mol. The number of nitrogens with zero attached hydrogens (tertiary/aromatic N) is 1. The lowest BCUT2D eigenvalue weighted by Crippen LogP contribution is -2.40. The van der Waals surface area contributed by atoms with E-state index >= 15 is 0 Å². The molecular weight excluding hydrogens is 282 g/mol. The number of anilines is 1. The zero-order valence-electron chi connectivity index (χ0n) is 12.0. The summed E-state index contributed by atoms with van der Waals surface area (Å²) in [7, 11) is 0. The molecule has 4 nitrogen and oxygen atoms in total. The van der Waals surface area contributed by atoms with Gasteiger partial charge in [-0.15, -0.1) is 0 Å². The molecule has 0 unspecified atom stereocenters.